The Hall–Kier alpha value is -1.14. The molecule has 0 heterocycles. The van der Waals surface area contributed by atoms with Crippen molar-refractivity contribution >= 4 is 12.6 Å². The summed E-state index contributed by atoms with van der Waals surface area (Å²) >= 11 is 0. The van der Waals surface area contributed by atoms with Gasteiger partial charge in [-0.05, 0) is 6.07 Å². The van der Waals surface area contributed by atoms with Gasteiger partial charge in [-0.25, -0.2) is 8.78 Å². The molecule has 0 amide bonds. The molecule has 0 aliphatic rings. The first-order chi connectivity index (χ1) is 6.61. The van der Waals surface area contributed by atoms with Gasteiger partial charge in [0.05, 0.1) is 0 Å². The number of hydrogen-bond donors (Lipinski definition) is 2. The molecule has 6 heteroatoms. The number of alkyl halides is 2. The Bertz CT molecular complexity index is 294. The zero-order valence-corrected chi connectivity index (χ0v) is 7.23. The molecule has 2 N–H and O–H groups in total. The summed E-state index contributed by atoms with van der Waals surface area (Å²) in [6.45, 7) is -0.760. The summed E-state index contributed by atoms with van der Waals surface area (Å²) in [5.74, 6) is 0.0581. The van der Waals surface area contributed by atoms with Crippen molar-refractivity contribution < 1.29 is 23.6 Å². The van der Waals surface area contributed by atoms with Crippen LogP contribution in [-0.2, 0) is 0 Å². The molecule has 14 heavy (non-hydrogen) atoms. The predicted octanol–water partition coefficient (Wildman–Crippen LogP) is 0.0103. The smallest absolute Gasteiger partial charge is 0.488 e. The van der Waals surface area contributed by atoms with Crippen molar-refractivity contribution in [3.8, 4) is 5.75 Å². The summed E-state index contributed by atoms with van der Waals surface area (Å²) in [6.07, 6.45) is -2.58. The van der Waals surface area contributed by atoms with Gasteiger partial charge in [0, 0.05) is 5.46 Å². The van der Waals surface area contributed by atoms with Crippen molar-refractivity contribution in [2.45, 2.75) is 6.43 Å². The minimum Gasteiger partial charge on any atom is -0.488 e. The normalized spacial score (nSPS) is 10.4. The Morgan fingerprint density at radius 3 is 2.50 bits per heavy atom. The molecule has 0 aliphatic carbocycles. The van der Waals surface area contributed by atoms with Crippen molar-refractivity contribution in [2.24, 2.45) is 0 Å². The number of ether oxygens (including phenoxy) is 1. The summed E-state index contributed by atoms with van der Waals surface area (Å²) in [7, 11) is -1.72. The van der Waals surface area contributed by atoms with E-state index in [0.717, 1.165) is 0 Å². The van der Waals surface area contributed by atoms with Crippen molar-refractivity contribution in [2.75, 3.05) is 6.61 Å². The zero-order chi connectivity index (χ0) is 10.6. The topological polar surface area (TPSA) is 49.7 Å². The predicted molar refractivity (Wildman–Crippen MR) is 47.8 cm³/mol. The lowest BCUT2D eigenvalue weighted by molar-refractivity contribution is 0.0822. The minimum atomic E-state index is -2.58. The highest BCUT2D eigenvalue weighted by molar-refractivity contribution is 6.59. The van der Waals surface area contributed by atoms with E-state index in [2.05, 4.69) is 4.74 Å². The van der Waals surface area contributed by atoms with Crippen LogP contribution in [0.25, 0.3) is 0 Å². The fraction of sp³-hybridized carbons (Fsp3) is 0.250. The second-order valence-electron chi connectivity index (χ2n) is 2.61. The zero-order valence-electron chi connectivity index (χ0n) is 7.23. The molecule has 0 fully saturated rings. The molecule has 0 unspecified atom stereocenters. The van der Waals surface area contributed by atoms with Gasteiger partial charge in [0.2, 0.25) is 0 Å². The monoisotopic (exact) mass is 202 g/mol. The van der Waals surface area contributed by atoms with E-state index in [1.54, 1.807) is 12.1 Å². The summed E-state index contributed by atoms with van der Waals surface area (Å²) in [4.78, 5) is 0. The number of para-hydroxylation sites is 1. The van der Waals surface area contributed by atoms with Crippen LogP contribution in [0.4, 0.5) is 8.78 Å². The van der Waals surface area contributed by atoms with Gasteiger partial charge < -0.3 is 14.8 Å². The van der Waals surface area contributed by atoms with Crippen LogP contribution >= 0.6 is 0 Å². The Kier molecular flexibility index (Phi) is 3.85. The number of rotatable bonds is 4. The van der Waals surface area contributed by atoms with Crippen LogP contribution in [0, 0.1) is 0 Å². The number of benzene rings is 1. The fourth-order valence-corrected chi connectivity index (χ4v) is 0.978. The maximum absolute atomic E-state index is 11.8. The van der Waals surface area contributed by atoms with Gasteiger partial charge >= 0.3 is 7.12 Å². The van der Waals surface area contributed by atoms with Gasteiger partial charge in [-0.3, -0.25) is 0 Å². The lowest BCUT2D eigenvalue weighted by Crippen LogP contribution is -2.31. The van der Waals surface area contributed by atoms with Gasteiger partial charge in [0.1, 0.15) is 12.4 Å². The van der Waals surface area contributed by atoms with Crippen LogP contribution in [0.5, 0.6) is 5.75 Å². The molecule has 0 atom stereocenters. The Morgan fingerprint density at radius 1 is 1.29 bits per heavy atom. The van der Waals surface area contributed by atoms with Gasteiger partial charge in [0.25, 0.3) is 6.43 Å². The molecule has 0 spiro atoms. The molecule has 3 nitrogen and oxygen atoms in total. The van der Waals surface area contributed by atoms with E-state index in [-0.39, 0.29) is 11.2 Å². The first-order valence-electron chi connectivity index (χ1n) is 3.97. The maximum atomic E-state index is 11.8. The SMILES string of the molecule is OB(O)c1ccccc1OCC(F)F. The molecule has 1 rings (SSSR count). The van der Waals surface area contributed by atoms with E-state index in [4.69, 9.17) is 10.0 Å². The molecular formula is C8H9BF2O3. The molecule has 0 aromatic heterocycles. The van der Waals surface area contributed by atoms with Crippen molar-refractivity contribution in [1.82, 2.24) is 0 Å². The highest BCUT2D eigenvalue weighted by Gasteiger charge is 2.17. The molecule has 0 saturated heterocycles. The molecule has 76 valence electrons. The van der Waals surface area contributed by atoms with Gasteiger partial charge in [-0.15, -0.1) is 0 Å². The van der Waals surface area contributed by atoms with Gasteiger partial charge in [0.15, 0.2) is 0 Å². The van der Waals surface area contributed by atoms with Crippen molar-refractivity contribution in [3.05, 3.63) is 24.3 Å². The Morgan fingerprint density at radius 2 is 1.93 bits per heavy atom. The van der Waals surface area contributed by atoms with Crippen LogP contribution < -0.4 is 10.2 Å². The maximum Gasteiger partial charge on any atom is 0.492 e. The molecule has 0 aliphatic heterocycles. The lowest BCUT2D eigenvalue weighted by atomic mass is 9.79. The average molecular weight is 202 g/mol. The van der Waals surface area contributed by atoms with Crippen LogP contribution in [0.1, 0.15) is 0 Å². The molecule has 1 aromatic rings. The molecule has 0 radical (unpaired) electrons. The largest absolute Gasteiger partial charge is 0.492 e. The van der Waals surface area contributed by atoms with Gasteiger partial charge in [-0.1, -0.05) is 18.2 Å². The number of hydrogen-bond acceptors (Lipinski definition) is 3. The lowest BCUT2D eigenvalue weighted by Gasteiger charge is -2.09. The second kappa shape index (κ2) is 4.92. The third-order valence-corrected chi connectivity index (χ3v) is 1.56. The summed E-state index contributed by atoms with van der Waals surface area (Å²) in [5, 5.41) is 17.7. The summed E-state index contributed by atoms with van der Waals surface area (Å²) in [5.41, 5.74) is 0.0770. The minimum absolute atomic E-state index is 0.0581. The van der Waals surface area contributed by atoms with Crippen LogP contribution in [-0.4, -0.2) is 30.2 Å². The van der Waals surface area contributed by atoms with E-state index in [9.17, 15) is 8.78 Å². The van der Waals surface area contributed by atoms with Gasteiger partial charge in [-0.2, -0.15) is 0 Å². The average Bonchev–Trinajstić information content (AvgIpc) is 2.15. The van der Waals surface area contributed by atoms with Crippen molar-refractivity contribution in [3.63, 3.8) is 0 Å². The van der Waals surface area contributed by atoms with E-state index < -0.39 is 20.2 Å². The third kappa shape index (κ3) is 2.97. The summed E-state index contributed by atoms with van der Waals surface area (Å²) in [6, 6.07) is 5.92. The Labute approximate surface area is 80.1 Å². The van der Waals surface area contributed by atoms with Crippen LogP contribution in [0.3, 0.4) is 0 Å². The summed E-state index contributed by atoms with van der Waals surface area (Å²) < 4.78 is 28.3. The quantitative estimate of drug-likeness (QED) is 0.676. The van der Waals surface area contributed by atoms with E-state index in [0.29, 0.717) is 0 Å². The number of halogens is 2. The molecule has 1 aromatic carbocycles. The van der Waals surface area contributed by atoms with Crippen LogP contribution in [0.2, 0.25) is 0 Å². The Balaban J connectivity index is 2.74. The second-order valence-corrected chi connectivity index (χ2v) is 2.61. The standard InChI is InChI=1S/C8H9BF2O3/c10-8(11)5-14-7-4-2-1-3-6(7)9(12)13/h1-4,8,12-13H,5H2. The third-order valence-electron chi connectivity index (χ3n) is 1.56. The van der Waals surface area contributed by atoms with E-state index >= 15 is 0 Å². The van der Waals surface area contributed by atoms with E-state index in [1.165, 1.54) is 12.1 Å². The first-order valence-corrected chi connectivity index (χ1v) is 3.97. The highest BCUT2D eigenvalue weighted by Crippen LogP contribution is 2.08. The van der Waals surface area contributed by atoms with Crippen LogP contribution in [0.15, 0.2) is 24.3 Å². The molecule has 0 bridgehead atoms. The van der Waals surface area contributed by atoms with E-state index in [1.807, 2.05) is 0 Å². The first kappa shape index (κ1) is 10.9. The fourth-order valence-electron chi connectivity index (χ4n) is 0.978. The highest BCUT2D eigenvalue weighted by atomic mass is 19.3. The molecule has 0 saturated carbocycles. The molecular weight excluding hydrogens is 193 g/mol. The van der Waals surface area contributed by atoms with Crippen molar-refractivity contribution in [1.29, 1.82) is 0 Å².